The molecule has 1 heterocycles. The molecule has 0 aliphatic carbocycles. The van der Waals surface area contributed by atoms with Gasteiger partial charge in [0.2, 0.25) is 0 Å². The summed E-state index contributed by atoms with van der Waals surface area (Å²) in [6.07, 6.45) is 0.0565. The molecule has 0 spiro atoms. The van der Waals surface area contributed by atoms with Crippen LogP contribution in [-0.4, -0.2) is 11.1 Å². The van der Waals surface area contributed by atoms with E-state index in [1.807, 2.05) is 13.0 Å². The number of aryl methyl sites for hydroxylation is 1. The SMILES string of the molecule is Cc1ccc(C(N)C(C)CC(=O)O)o1. The highest BCUT2D eigenvalue weighted by atomic mass is 16.4. The normalized spacial score (nSPS) is 15.1. The van der Waals surface area contributed by atoms with E-state index >= 15 is 0 Å². The molecule has 4 heteroatoms. The summed E-state index contributed by atoms with van der Waals surface area (Å²) in [5, 5.41) is 8.60. The Hall–Kier alpha value is -1.29. The van der Waals surface area contributed by atoms with Crippen LogP contribution >= 0.6 is 0 Å². The number of hydrogen-bond donors (Lipinski definition) is 2. The molecule has 0 amide bonds. The maximum atomic E-state index is 10.5. The van der Waals surface area contributed by atoms with Gasteiger partial charge in [0, 0.05) is 6.42 Å². The van der Waals surface area contributed by atoms with Gasteiger partial charge in [-0.25, -0.2) is 0 Å². The quantitative estimate of drug-likeness (QED) is 0.770. The van der Waals surface area contributed by atoms with E-state index in [2.05, 4.69) is 0 Å². The third kappa shape index (κ3) is 2.60. The first-order chi connectivity index (χ1) is 6.50. The van der Waals surface area contributed by atoms with Gasteiger partial charge in [0.25, 0.3) is 0 Å². The molecule has 4 nitrogen and oxygen atoms in total. The van der Waals surface area contributed by atoms with Gasteiger partial charge >= 0.3 is 5.97 Å². The van der Waals surface area contributed by atoms with Crippen LogP contribution in [0.5, 0.6) is 0 Å². The van der Waals surface area contributed by atoms with E-state index in [0.717, 1.165) is 5.76 Å². The van der Waals surface area contributed by atoms with E-state index in [1.54, 1.807) is 13.0 Å². The molecule has 0 saturated heterocycles. The lowest BCUT2D eigenvalue weighted by molar-refractivity contribution is -0.138. The summed E-state index contributed by atoms with van der Waals surface area (Å²) in [6.45, 7) is 3.63. The molecule has 0 radical (unpaired) electrons. The average molecular weight is 197 g/mol. The van der Waals surface area contributed by atoms with Gasteiger partial charge in [0.1, 0.15) is 11.5 Å². The molecular weight excluding hydrogens is 182 g/mol. The second kappa shape index (κ2) is 4.28. The van der Waals surface area contributed by atoms with Gasteiger partial charge in [-0.05, 0) is 25.0 Å². The third-order valence-corrected chi connectivity index (χ3v) is 2.20. The monoisotopic (exact) mass is 197 g/mol. The first kappa shape index (κ1) is 10.8. The highest BCUT2D eigenvalue weighted by Crippen LogP contribution is 2.23. The van der Waals surface area contributed by atoms with Crippen LogP contribution < -0.4 is 5.73 Å². The van der Waals surface area contributed by atoms with Crippen molar-refractivity contribution in [1.82, 2.24) is 0 Å². The van der Waals surface area contributed by atoms with Crippen LogP contribution in [0.25, 0.3) is 0 Å². The Balaban J connectivity index is 2.65. The van der Waals surface area contributed by atoms with Gasteiger partial charge in [0.05, 0.1) is 6.04 Å². The van der Waals surface area contributed by atoms with Crippen molar-refractivity contribution in [3.8, 4) is 0 Å². The number of carboxylic acid groups (broad SMARTS) is 1. The number of carboxylic acids is 1. The molecule has 14 heavy (non-hydrogen) atoms. The van der Waals surface area contributed by atoms with E-state index in [9.17, 15) is 4.79 Å². The van der Waals surface area contributed by atoms with Gasteiger partial charge < -0.3 is 15.3 Å². The van der Waals surface area contributed by atoms with Crippen molar-refractivity contribution in [3.05, 3.63) is 23.7 Å². The van der Waals surface area contributed by atoms with Gasteiger partial charge in [-0.2, -0.15) is 0 Å². The standard InChI is InChI=1S/C10H15NO3/c1-6(5-9(12)13)10(11)8-4-3-7(2)14-8/h3-4,6,10H,5,11H2,1-2H3,(H,12,13). The molecule has 0 aromatic carbocycles. The number of aliphatic carboxylic acids is 1. The zero-order valence-electron chi connectivity index (χ0n) is 8.36. The molecular formula is C10H15NO3. The van der Waals surface area contributed by atoms with Gasteiger partial charge in [0.15, 0.2) is 0 Å². The largest absolute Gasteiger partial charge is 0.481 e. The maximum Gasteiger partial charge on any atom is 0.303 e. The Morgan fingerprint density at radius 1 is 1.64 bits per heavy atom. The number of rotatable bonds is 4. The molecule has 1 aromatic rings. The molecule has 1 aromatic heterocycles. The van der Waals surface area contributed by atoms with E-state index in [1.165, 1.54) is 0 Å². The fourth-order valence-electron chi connectivity index (χ4n) is 1.32. The van der Waals surface area contributed by atoms with Crippen molar-refractivity contribution in [3.63, 3.8) is 0 Å². The van der Waals surface area contributed by atoms with E-state index in [0.29, 0.717) is 5.76 Å². The second-order valence-corrected chi connectivity index (χ2v) is 3.55. The minimum atomic E-state index is -0.837. The van der Waals surface area contributed by atoms with Crippen LogP contribution in [0.15, 0.2) is 16.5 Å². The van der Waals surface area contributed by atoms with Gasteiger partial charge in [-0.15, -0.1) is 0 Å². The molecule has 78 valence electrons. The Bertz CT molecular complexity index is 319. The second-order valence-electron chi connectivity index (χ2n) is 3.55. The average Bonchev–Trinajstić information content (AvgIpc) is 2.49. The summed E-state index contributed by atoms with van der Waals surface area (Å²) in [5.41, 5.74) is 5.84. The highest BCUT2D eigenvalue weighted by molar-refractivity contribution is 5.67. The van der Waals surface area contributed by atoms with Crippen molar-refractivity contribution in [1.29, 1.82) is 0 Å². The topological polar surface area (TPSA) is 76.5 Å². The molecule has 1 rings (SSSR count). The molecule has 3 N–H and O–H groups in total. The lowest BCUT2D eigenvalue weighted by atomic mass is 9.97. The Morgan fingerprint density at radius 2 is 2.29 bits per heavy atom. The lowest BCUT2D eigenvalue weighted by Crippen LogP contribution is -2.21. The minimum absolute atomic E-state index is 0.0565. The fourth-order valence-corrected chi connectivity index (χ4v) is 1.32. The Kier molecular flexibility index (Phi) is 3.30. The fraction of sp³-hybridized carbons (Fsp3) is 0.500. The zero-order valence-corrected chi connectivity index (χ0v) is 8.36. The van der Waals surface area contributed by atoms with Crippen LogP contribution in [0.3, 0.4) is 0 Å². The minimum Gasteiger partial charge on any atom is -0.481 e. The maximum absolute atomic E-state index is 10.5. The summed E-state index contributed by atoms with van der Waals surface area (Å²) in [5.74, 6) is 0.475. The number of nitrogens with two attached hydrogens (primary N) is 1. The van der Waals surface area contributed by atoms with Crippen molar-refractivity contribution >= 4 is 5.97 Å². The molecule has 0 saturated carbocycles. The predicted molar refractivity (Wildman–Crippen MR) is 51.8 cm³/mol. The third-order valence-electron chi connectivity index (χ3n) is 2.20. The molecule has 0 bridgehead atoms. The molecule has 0 fully saturated rings. The number of furan rings is 1. The smallest absolute Gasteiger partial charge is 0.303 e. The summed E-state index contributed by atoms with van der Waals surface area (Å²) in [4.78, 5) is 10.5. The first-order valence-electron chi connectivity index (χ1n) is 4.54. The summed E-state index contributed by atoms with van der Waals surface area (Å²) >= 11 is 0. The lowest BCUT2D eigenvalue weighted by Gasteiger charge is -2.15. The first-order valence-corrected chi connectivity index (χ1v) is 4.54. The predicted octanol–water partition coefficient (Wildman–Crippen LogP) is 1.70. The highest BCUT2D eigenvalue weighted by Gasteiger charge is 2.20. The van der Waals surface area contributed by atoms with E-state index in [4.69, 9.17) is 15.3 Å². The van der Waals surface area contributed by atoms with Crippen LogP contribution in [-0.2, 0) is 4.79 Å². The zero-order chi connectivity index (χ0) is 10.7. The molecule has 0 aliphatic rings. The van der Waals surface area contributed by atoms with E-state index in [-0.39, 0.29) is 18.4 Å². The van der Waals surface area contributed by atoms with E-state index < -0.39 is 5.97 Å². The Labute approximate surface area is 82.7 Å². The van der Waals surface area contributed by atoms with Crippen molar-refractivity contribution in [2.75, 3.05) is 0 Å². The number of hydrogen-bond acceptors (Lipinski definition) is 3. The molecule has 2 atom stereocenters. The number of carbonyl (C=O) groups is 1. The van der Waals surface area contributed by atoms with Crippen molar-refractivity contribution in [2.45, 2.75) is 26.3 Å². The van der Waals surface area contributed by atoms with Crippen LogP contribution in [0.4, 0.5) is 0 Å². The summed E-state index contributed by atoms with van der Waals surface area (Å²) in [7, 11) is 0. The Morgan fingerprint density at radius 3 is 2.71 bits per heavy atom. The van der Waals surface area contributed by atoms with Crippen LogP contribution in [0, 0.1) is 12.8 Å². The molecule has 2 unspecified atom stereocenters. The summed E-state index contributed by atoms with van der Waals surface area (Å²) < 4.78 is 5.33. The van der Waals surface area contributed by atoms with Crippen molar-refractivity contribution < 1.29 is 14.3 Å². The van der Waals surface area contributed by atoms with Crippen LogP contribution in [0.2, 0.25) is 0 Å². The molecule has 0 aliphatic heterocycles. The van der Waals surface area contributed by atoms with Gasteiger partial charge in [-0.3, -0.25) is 4.79 Å². The summed E-state index contributed by atoms with van der Waals surface area (Å²) in [6, 6.07) is 3.26. The van der Waals surface area contributed by atoms with Gasteiger partial charge in [-0.1, -0.05) is 6.92 Å². The van der Waals surface area contributed by atoms with Crippen LogP contribution in [0.1, 0.15) is 30.9 Å². The van der Waals surface area contributed by atoms with Crippen molar-refractivity contribution in [2.24, 2.45) is 11.7 Å².